The molecule has 0 aliphatic heterocycles. The number of fused-ring (bicyclic) bond motifs is 1. The van der Waals surface area contributed by atoms with Crippen molar-refractivity contribution in [2.45, 2.75) is 26.4 Å². The fraction of sp³-hybridized carbons (Fsp3) is 0.200. The Bertz CT molecular complexity index is 1220. The molecule has 1 amide bonds. The van der Waals surface area contributed by atoms with Gasteiger partial charge in [-0.2, -0.15) is 0 Å². The van der Waals surface area contributed by atoms with E-state index in [1.807, 2.05) is 43.3 Å². The van der Waals surface area contributed by atoms with E-state index in [9.17, 15) is 4.79 Å². The van der Waals surface area contributed by atoms with Crippen molar-refractivity contribution in [1.82, 2.24) is 4.98 Å². The molecule has 6 heteroatoms. The van der Waals surface area contributed by atoms with Crippen LogP contribution < -0.4 is 14.8 Å². The van der Waals surface area contributed by atoms with Crippen LogP contribution in [0.3, 0.4) is 0 Å². The highest BCUT2D eigenvalue weighted by Crippen LogP contribution is 2.28. The number of nitrogens with one attached hydrogen (secondary N) is 1. The van der Waals surface area contributed by atoms with Crippen molar-refractivity contribution in [3.05, 3.63) is 72.3 Å². The Kier molecular flexibility index (Phi) is 5.89. The number of oxazole rings is 1. The van der Waals surface area contributed by atoms with Crippen LogP contribution in [0.4, 0.5) is 5.69 Å². The Hall–Kier alpha value is -3.80. The maximum Gasteiger partial charge on any atom is 0.255 e. The van der Waals surface area contributed by atoms with Crippen molar-refractivity contribution in [3.8, 4) is 23.0 Å². The maximum atomic E-state index is 12.7. The molecule has 158 valence electrons. The van der Waals surface area contributed by atoms with Crippen molar-refractivity contribution in [2.75, 3.05) is 12.4 Å². The van der Waals surface area contributed by atoms with Crippen molar-refractivity contribution in [3.63, 3.8) is 0 Å². The van der Waals surface area contributed by atoms with Gasteiger partial charge in [-0.15, -0.1) is 0 Å². The highest BCUT2D eigenvalue weighted by atomic mass is 16.5. The average molecular weight is 416 g/mol. The van der Waals surface area contributed by atoms with Gasteiger partial charge in [-0.25, -0.2) is 4.98 Å². The molecule has 0 radical (unpaired) electrons. The smallest absolute Gasteiger partial charge is 0.255 e. The summed E-state index contributed by atoms with van der Waals surface area (Å²) in [5, 5.41) is 2.92. The van der Waals surface area contributed by atoms with Gasteiger partial charge in [0.25, 0.3) is 5.91 Å². The number of ether oxygens (including phenoxy) is 2. The fourth-order valence-corrected chi connectivity index (χ4v) is 3.11. The van der Waals surface area contributed by atoms with Gasteiger partial charge in [0, 0.05) is 16.8 Å². The zero-order valence-electron chi connectivity index (χ0n) is 17.7. The molecule has 6 nitrogen and oxygen atoms in total. The lowest BCUT2D eigenvalue weighted by molar-refractivity contribution is 0.102. The van der Waals surface area contributed by atoms with Gasteiger partial charge in [-0.05, 0) is 67.9 Å². The normalized spacial score (nSPS) is 11.8. The summed E-state index contributed by atoms with van der Waals surface area (Å²) in [6, 6.07) is 20.1. The predicted molar refractivity (Wildman–Crippen MR) is 121 cm³/mol. The minimum atomic E-state index is -0.217. The zero-order chi connectivity index (χ0) is 21.8. The average Bonchev–Trinajstić information content (AvgIpc) is 3.22. The lowest BCUT2D eigenvalue weighted by Crippen LogP contribution is -2.13. The summed E-state index contributed by atoms with van der Waals surface area (Å²) in [5.41, 5.74) is 3.28. The van der Waals surface area contributed by atoms with E-state index in [2.05, 4.69) is 17.2 Å². The summed E-state index contributed by atoms with van der Waals surface area (Å²) in [6.45, 7) is 4.06. The third kappa shape index (κ3) is 4.69. The Morgan fingerprint density at radius 1 is 1.06 bits per heavy atom. The van der Waals surface area contributed by atoms with Gasteiger partial charge in [-0.3, -0.25) is 4.79 Å². The molecule has 0 fully saturated rings. The molecular formula is C25H24N2O4. The van der Waals surface area contributed by atoms with E-state index in [4.69, 9.17) is 13.9 Å². The molecule has 1 unspecified atom stereocenters. The molecule has 0 saturated carbocycles. The van der Waals surface area contributed by atoms with Crippen LogP contribution in [0.2, 0.25) is 0 Å². The highest BCUT2D eigenvalue weighted by Gasteiger charge is 2.12. The second kappa shape index (κ2) is 8.92. The molecule has 3 aromatic carbocycles. The Morgan fingerprint density at radius 3 is 2.68 bits per heavy atom. The maximum absolute atomic E-state index is 12.7. The Morgan fingerprint density at radius 2 is 1.87 bits per heavy atom. The third-order valence-corrected chi connectivity index (χ3v) is 4.97. The van der Waals surface area contributed by atoms with Crippen LogP contribution in [-0.2, 0) is 0 Å². The number of methoxy groups -OCH3 is 1. The summed E-state index contributed by atoms with van der Waals surface area (Å²) >= 11 is 0. The van der Waals surface area contributed by atoms with Gasteiger partial charge in [0.2, 0.25) is 5.89 Å². The van der Waals surface area contributed by atoms with E-state index in [-0.39, 0.29) is 12.0 Å². The Balaban J connectivity index is 1.54. The van der Waals surface area contributed by atoms with Crippen LogP contribution in [0.25, 0.3) is 22.6 Å². The number of amides is 1. The van der Waals surface area contributed by atoms with Gasteiger partial charge in [0.1, 0.15) is 17.0 Å². The summed E-state index contributed by atoms with van der Waals surface area (Å²) in [4.78, 5) is 17.3. The zero-order valence-corrected chi connectivity index (χ0v) is 17.7. The van der Waals surface area contributed by atoms with Crippen LogP contribution in [-0.4, -0.2) is 24.1 Å². The number of carbonyl (C=O) groups excluding carboxylic acids is 1. The first kappa shape index (κ1) is 20.5. The minimum absolute atomic E-state index is 0.0895. The number of nitrogens with zero attached hydrogens (tertiary/aromatic N) is 1. The molecule has 0 saturated heterocycles. The van der Waals surface area contributed by atoms with Gasteiger partial charge >= 0.3 is 0 Å². The lowest BCUT2D eigenvalue weighted by Gasteiger charge is -2.13. The summed E-state index contributed by atoms with van der Waals surface area (Å²) < 4.78 is 16.9. The second-order valence-electron chi connectivity index (χ2n) is 7.25. The van der Waals surface area contributed by atoms with Crippen molar-refractivity contribution >= 4 is 22.7 Å². The number of hydrogen-bond donors (Lipinski definition) is 1. The monoisotopic (exact) mass is 416 g/mol. The van der Waals surface area contributed by atoms with E-state index in [1.165, 1.54) is 0 Å². The molecule has 1 heterocycles. The number of carbonyl (C=O) groups is 1. The molecule has 31 heavy (non-hydrogen) atoms. The fourth-order valence-electron chi connectivity index (χ4n) is 3.11. The summed E-state index contributed by atoms with van der Waals surface area (Å²) in [7, 11) is 1.62. The van der Waals surface area contributed by atoms with E-state index in [0.717, 1.165) is 17.7 Å². The van der Waals surface area contributed by atoms with Crippen LogP contribution in [0.1, 0.15) is 30.6 Å². The van der Waals surface area contributed by atoms with Crippen molar-refractivity contribution < 1.29 is 18.7 Å². The first-order chi connectivity index (χ1) is 15.1. The van der Waals surface area contributed by atoms with Crippen LogP contribution in [0, 0.1) is 0 Å². The summed E-state index contributed by atoms with van der Waals surface area (Å²) in [5.74, 6) is 1.68. The predicted octanol–water partition coefficient (Wildman–Crippen LogP) is 5.93. The molecular weight excluding hydrogens is 392 g/mol. The van der Waals surface area contributed by atoms with Gasteiger partial charge in [0.05, 0.1) is 13.2 Å². The quantitative estimate of drug-likeness (QED) is 0.404. The Labute approximate surface area is 180 Å². The third-order valence-electron chi connectivity index (χ3n) is 4.97. The molecule has 1 aromatic heterocycles. The second-order valence-corrected chi connectivity index (χ2v) is 7.25. The first-order valence-corrected chi connectivity index (χ1v) is 10.2. The molecule has 0 spiro atoms. The number of anilines is 1. The molecule has 0 aliphatic rings. The van der Waals surface area contributed by atoms with Crippen LogP contribution in [0.5, 0.6) is 11.5 Å². The molecule has 1 N–H and O–H groups in total. The number of rotatable bonds is 7. The van der Waals surface area contributed by atoms with Crippen molar-refractivity contribution in [1.29, 1.82) is 0 Å². The topological polar surface area (TPSA) is 73.6 Å². The van der Waals surface area contributed by atoms with Crippen LogP contribution in [0.15, 0.2) is 71.1 Å². The van der Waals surface area contributed by atoms with Gasteiger partial charge < -0.3 is 19.2 Å². The van der Waals surface area contributed by atoms with Gasteiger partial charge in [0.15, 0.2) is 5.58 Å². The summed E-state index contributed by atoms with van der Waals surface area (Å²) in [6.07, 6.45) is 0.984. The number of benzene rings is 3. The standard InChI is InChI=1S/C25H24N2O4/c1-4-16(2)30-21-10-5-7-17(13-21)24(28)26-19-11-12-23-22(15-19)27-25(31-23)18-8-6-9-20(14-18)29-3/h5-16H,4H2,1-3H3,(H,26,28). The largest absolute Gasteiger partial charge is 0.497 e. The van der Waals surface area contributed by atoms with E-state index < -0.39 is 0 Å². The van der Waals surface area contributed by atoms with Crippen molar-refractivity contribution in [2.24, 2.45) is 0 Å². The molecule has 0 aliphatic carbocycles. The molecule has 4 rings (SSSR count). The van der Waals surface area contributed by atoms with E-state index in [1.54, 1.807) is 37.4 Å². The lowest BCUT2D eigenvalue weighted by atomic mass is 10.2. The molecule has 0 bridgehead atoms. The minimum Gasteiger partial charge on any atom is -0.497 e. The van der Waals surface area contributed by atoms with E-state index >= 15 is 0 Å². The van der Waals surface area contributed by atoms with Gasteiger partial charge in [-0.1, -0.05) is 19.1 Å². The molecule has 1 atom stereocenters. The SMILES string of the molecule is CCC(C)Oc1cccc(C(=O)Nc2ccc3oc(-c4cccc(OC)c4)nc3c2)c1. The molecule has 4 aromatic rings. The van der Waals surface area contributed by atoms with E-state index in [0.29, 0.717) is 34.0 Å². The number of hydrogen-bond acceptors (Lipinski definition) is 5. The first-order valence-electron chi connectivity index (χ1n) is 10.2. The number of aromatic nitrogens is 1. The highest BCUT2D eigenvalue weighted by molar-refractivity contribution is 6.05. The van der Waals surface area contributed by atoms with Crippen LogP contribution >= 0.6 is 0 Å².